The van der Waals surface area contributed by atoms with Crippen LogP contribution in [-0.4, -0.2) is 17.4 Å². The third kappa shape index (κ3) is 6.58. The van der Waals surface area contributed by atoms with Crippen LogP contribution in [0.4, 0.5) is 10.1 Å². The Bertz CT molecular complexity index is 766. The summed E-state index contributed by atoms with van der Waals surface area (Å²) in [7, 11) is 0. The van der Waals surface area contributed by atoms with Crippen LogP contribution < -0.4 is 10.6 Å². The van der Waals surface area contributed by atoms with Crippen LogP contribution in [0.25, 0.3) is 0 Å². The molecule has 6 nitrogen and oxygen atoms in total. The molecule has 26 heavy (non-hydrogen) atoms. The standard InChI is InChI=1S/C18H21FN4O2.HI/c1-3-20-18(22-12-15-5-4-13(2)17(19)10-15)21-11-14-6-8-16(9-7-14)23(24)25;/h4-10H,3,11-12H2,1-2H3,(H2,20,21,22);1H. The van der Waals surface area contributed by atoms with Crippen molar-refractivity contribution < 1.29 is 9.31 Å². The number of nitrogens with one attached hydrogen (secondary N) is 2. The number of benzene rings is 2. The number of halogens is 2. The Hall–Kier alpha value is -2.23. The van der Waals surface area contributed by atoms with E-state index in [2.05, 4.69) is 15.6 Å². The molecule has 8 heteroatoms. The van der Waals surface area contributed by atoms with E-state index in [1.165, 1.54) is 18.2 Å². The summed E-state index contributed by atoms with van der Waals surface area (Å²) >= 11 is 0. The van der Waals surface area contributed by atoms with Gasteiger partial charge in [-0.3, -0.25) is 10.1 Å². The van der Waals surface area contributed by atoms with E-state index >= 15 is 0 Å². The molecule has 0 saturated carbocycles. The van der Waals surface area contributed by atoms with Crippen LogP contribution >= 0.6 is 24.0 Å². The topological polar surface area (TPSA) is 79.6 Å². The molecule has 140 valence electrons. The second kappa shape index (κ2) is 10.7. The number of nitro benzene ring substituents is 1. The summed E-state index contributed by atoms with van der Waals surface area (Å²) in [6, 6.07) is 11.4. The maximum Gasteiger partial charge on any atom is 0.269 e. The summed E-state index contributed by atoms with van der Waals surface area (Å²) in [5.41, 5.74) is 2.36. The summed E-state index contributed by atoms with van der Waals surface area (Å²) in [5.74, 6) is 0.360. The number of nitrogens with zero attached hydrogens (tertiary/aromatic N) is 2. The first-order valence-electron chi connectivity index (χ1n) is 8.00. The molecule has 0 aliphatic carbocycles. The third-order valence-corrected chi connectivity index (χ3v) is 3.61. The number of aliphatic imine (C=N–C) groups is 1. The minimum atomic E-state index is -0.427. The molecule has 0 aromatic heterocycles. The van der Waals surface area contributed by atoms with Gasteiger partial charge in [0, 0.05) is 25.2 Å². The van der Waals surface area contributed by atoms with Crippen LogP contribution in [0.3, 0.4) is 0 Å². The van der Waals surface area contributed by atoms with E-state index in [0.717, 1.165) is 11.1 Å². The lowest BCUT2D eigenvalue weighted by Crippen LogP contribution is -2.36. The number of nitro groups is 1. The smallest absolute Gasteiger partial charge is 0.269 e. The highest BCUT2D eigenvalue weighted by Crippen LogP contribution is 2.12. The summed E-state index contributed by atoms with van der Waals surface area (Å²) in [5, 5.41) is 16.9. The van der Waals surface area contributed by atoms with E-state index in [-0.39, 0.29) is 35.5 Å². The van der Waals surface area contributed by atoms with Gasteiger partial charge in [-0.05, 0) is 36.6 Å². The monoisotopic (exact) mass is 472 g/mol. The fraction of sp³-hybridized carbons (Fsp3) is 0.278. The second-order valence-electron chi connectivity index (χ2n) is 5.56. The van der Waals surface area contributed by atoms with E-state index in [1.54, 1.807) is 25.1 Å². The van der Waals surface area contributed by atoms with Crippen molar-refractivity contribution in [3.8, 4) is 0 Å². The van der Waals surface area contributed by atoms with Gasteiger partial charge in [0.1, 0.15) is 5.82 Å². The van der Waals surface area contributed by atoms with Crippen molar-refractivity contribution >= 4 is 35.6 Å². The molecular weight excluding hydrogens is 450 g/mol. The van der Waals surface area contributed by atoms with E-state index in [0.29, 0.717) is 31.2 Å². The van der Waals surface area contributed by atoms with Crippen LogP contribution in [0.2, 0.25) is 0 Å². The highest BCUT2D eigenvalue weighted by atomic mass is 127. The SMILES string of the molecule is CCNC(=NCc1ccc(C)c(F)c1)NCc1ccc([N+](=O)[O-])cc1.I. The summed E-state index contributed by atoms with van der Waals surface area (Å²) in [6.45, 7) is 5.19. The van der Waals surface area contributed by atoms with Gasteiger partial charge in [0.15, 0.2) is 5.96 Å². The van der Waals surface area contributed by atoms with Crippen LogP contribution in [-0.2, 0) is 13.1 Å². The Morgan fingerprint density at radius 1 is 1.15 bits per heavy atom. The van der Waals surface area contributed by atoms with Crippen LogP contribution in [0.15, 0.2) is 47.5 Å². The fourth-order valence-electron chi connectivity index (χ4n) is 2.17. The van der Waals surface area contributed by atoms with Crippen molar-refractivity contribution in [3.05, 3.63) is 75.1 Å². The van der Waals surface area contributed by atoms with Gasteiger partial charge in [-0.15, -0.1) is 24.0 Å². The highest BCUT2D eigenvalue weighted by molar-refractivity contribution is 14.0. The first-order chi connectivity index (χ1) is 12.0. The van der Waals surface area contributed by atoms with Gasteiger partial charge in [0.25, 0.3) is 5.69 Å². The van der Waals surface area contributed by atoms with Crippen LogP contribution in [0.1, 0.15) is 23.6 Å². The zero-order valence-electron chi connectivity index (χ0n) is 14.7. The van der Waals surface area contributed by atoms with Crippen molar-refractivity contribution in [2.75, 3.05) is 6.54 Å². The van der Waals surface area contributed by atoms with Crippen LogP contribution in [0, 0.1) is 22.9 Å². The molecule has 0 radical (unpaired) electrons. The molecule has 0 amide bonds. The summed E-state index contributed by atoms with van der Waals surface area (Å²) in [4.78, 5) is 14.7. The Kier molecular flexibility index (Phi) is 8.97. The minimum Gasteiger partial charge on any atom is -0.357 e. The highest BCUT2D eigenvalue weighted by Gasteiger charge is 2.05. The summed E-state index contributed by atoms with van der Waals surface area (Å²) < 4.78 is 13.6. The van der Waals surface area contributed by atoms with Gasteiger partial charge in [-0.25, -0.2) is 9.38 Å². The van der Waals surface area contributed by atoms with Crippen molar-refractivity contribution in [1.82, 2.24) is 10.6 Å². The molecule has 0 aliphatic heterocycles. The van der Waals surface area contributed by atoms with Crippen molar-refractivity contribution in [2.45, 2.75) is 26.9 Å². The van der Waals surface area contributed by atoms with Gasteiger partial charge < -0.3 is 10.6 Å². The first-order valence-corrected chi connectivity index (χ1v) is 8.00. The number of hydrogen-bond donors (Lipinski definition) is 2. The molecule has 0 spiro atoms. The molecule has 0 unspecified atom stereocenters. The average Bonchev–Trinajstić information content (AvgIpc) is 2.60. The first kappa shape index (κ1) is 21.8. The van der Waals surface area contributed by atoms with Gasteiger partial charge >= 0.3 is 0 Å². The summed E-state index contributed by atoms with van der Waals surface area (Å²) in [6.07, 6.45) is 0. The molecule has 0 atom stereocenters. The second-order valence-corrected chi connectivity index (χ2v) is 5.56. The number of guanidine groups is 1. The zero-order valence-corrected chi connectivity index (χ0v) is 17.0. The number of non-ortho nitro benzene ring substituents is 1. The number of rotatable bonds is 6. The van der Waals surface area contributed by atoms with Gasteiger partial charge in [0.05, 0.1) is 11.5 Å². The Labute approximate surface area is 169 Å². The lowest BCUT2D eigenvalue weighted by atomic mass is 10.1. The number of aryl methyl sites for hydroxylation is 1. The van der Waals surface area contributed by atoms with Crippen molar-refractivity contribution in [2.24, 2.45) is 4.99 Å². The normalized spacial score (nSPS) is 10.8. The molecule has 2 aromatic carbocycles. The van der Waals surface area contributed by atoms with E-state index in [9.17, 15) is 14.5 Å². The molecule has 0 bridgehead atoms. The molecule has 2 aromatic rings. The average molecular weight is 472 g/mol. The zero-order chi connectivity index (χ0) is 18.2. The van der Waals surface area contributed by atoms with Gasteiger partial charge in [-0.2, -0.15) is 0 Å². The Balaban J connectivity index is 0.00000338. The molecule has 0 aliphatic rings. The molecular formula is C18H22FIN4O2. The van der Waals surface area contributed by atoms with Crippen LogP contribution in [0.5, 0.6) is 0 Å². The van der Waals surface area contributed by atoms with E-state index in [4.69, 9.17) is 0 Å². The lowest BCUT2D eigenvalue weighted by molar-refractivity contribution is -0.384. The van der Waals surface area contributed by atoms with Crippen molar-refractivity contribution in [1.29, 1.82) is 0 Å². The Morgan fingerprint density at radius 3 is 2.38 bits per heavy atom. The van der Waals surface area contributed by atoms with Gasteiger partial charge in [0.2, 0.25) is 0 Å². The van der Waals surface area contributed by atoms with E-state index in [1.807, 2.05) is 13.0 Å². The minimum absolute atomic E-state index is 0. The number of hydrogen-bond acceptors (Lipinski definition) is 3. The molecule has 0 fully saturated rings. The third-order valence-electron chi connectivity index (χ3n) is 3.61. The quantitative estimate of drug-likeness (QED) is 0.220. The Morgan fingerprint density at radius 2 is 1.81 bits per heavy atom. The van der Waals surface area contributed by atoms with Crippen molar-refractivity contribution in [3.63, 3.8) is 0 Å². The fourth-order valence-corrected chi connectivity index (χ4v) is 2.17. The molecule has 2 N–H and O–H groups in total. The molecule has 2 rings (SSSR count). The maximum absolute atomic E-state index is 13.6. The predicted molar refractivity (Wildman–Crippen MR) is 111 cm³/mol. The largest absolute Gasteiger partial charge is 0.357 e. The van der Waals surface area contributed by atoms with E-state index < -0.39 is 4.92 Å². The molecule has 0 heterocycles. The lowest BCUT2D eigenvalue weighted by Gasteiger charge is -2.11. The predicted octanol–water partition coefficient (Wildman–Crippen LogP) is 3.92. The van der Waals surface area contributed by atoms with Gasteiger partial charge in [-0.1, -0.05) is 24.3 Å². The maximum atomic E-state index is 13.6. The molecule has 0 saturated heterocycles.